The van der Waals surface area contributed by atoms with E-state index in [9.17, 15) is 14.4 Å². The monoisotopic (exact) mass is 814 g/mol. The van der Waals surface area contributed by atoms with Crippen LogP contribution in [0, 0.1) is 52.3 Å². The van der Waals surface area contributed by atoms with Crippen LogP contribution in [-0.2, 0) is 14.2 Å². The highest BCUT2D eigenvalue weighted by Crippen LogP contribution is 2.67. The second-order valence-electron chi connectivity index (χ2n) is 21.8. The van der Waals surface area contributed by atoms with E-state index in [2.05, 4.69) is 58.3 Å². The molecular weight excluding hydrogens is 727 g/mol. The number of carbonyl (C=O) groups excluding carboxylic acids is 3. The Morgan fingerprint density at radius 1 is 0.793 bits per heavy atom. The van der Waals surface area contributed by atoms with Gasteiger partial charge in [-0.1, -0.05) is 78.9 Å². The quantitative estimate of drug-likeness (QED) is 0.0811. The van der Waals surface area contributed by atoms with Crippen LogP contribution in [0.3, 0.4) is 0 Å². The third-order valence-corrected chi connectivity index (χ3v) is 15.1. The van der Waals surface area contributed by atoms with Crippen molar-refractivity contribution in [3.63, 3.8) is 0 Å². The van der Waals surface area contributed by atoms with Gasteiger partial charge in [0.05, 0.1) is 0 Å². The highest BCUT2D eigenvalue weighted by molar-refractivity contribution is 5.68. The second-order valence-corrected chi connectivity index (χ2v) is 21.8. The lowest BCUT2D eigenvalue weighted by atomic mass is 9.47. The van der Waals surface area contributed by atoms with Crippen LogP contribution in [-0.4, -0.2) is 66.7 Å². The Hall–Kier alpha value is -2.45. The molecule has 0 unspecified atom stereocenters. The lowest BCUT2D eigenvalue weighted by Crippen LogP contribution is -2.51. The lowest BCUT2D eigenvalue weighted by molar-refractivity contribution is -0.0595. The minimum atomic E-state index is -0.561. The number of rotatable bonds is 18. The summed E-state index contributed by atoms with van der Waals surface area (Å²) in [6, 6.07) is 0. The summed E-state index contributed by atoms with van der Waals surface area (Å²) in [5.74, 6) is 5.64. The molecule has 4 aliphatic carbocycles. The minimum absolute atomic E-state index is 0.104. The van der Waals surface area contributed by atoms with E-state index < -0.39 is 17.3 Å². The van der Waals surface area contributed by atoms with Crippen LogP contribution in [0.4, 0.5) is 14.4 Å². The molecule has 0 aliphatic heterocycles. The zero-order chi connectivity index (χ0) is 42.9. The van der Waals surface area contributed by atoms with Gasteiger partial charge in [0.1, 0.15) is 17.3 Å². The van der Waals surface area contributed by atoms with Gasteiger partial charge in [0.15, 0.2) is 0 Å². The summed E-state index contributed by atoms with van der Waals surface area (Å²) in [6.45, 7) is 28.2. The molecule has 0 heterocycles. The number of ether oxygens (including phenoxy) is 3. The summed E-state index contributed by atoms with van der Waals surface area (Å²) in [5, 5.41) is 5.66. The zero-order valence-electron chi connectivity index (χ0n) is 39.2. The zero-order valence-corrected chi connectivity index (χ0v) is 39.2. The first-order valence-corrected chi connectivity index (χ1v) is 23.8. The van der Waals surface area contributed by atoms with Gasteiger partial charge in [-0.05, 0) is 164 Å². The number of alkyl carbamates (subject to hydrolysis) is 2. The molecular formula is C49H87N3O6. The Bertz CT molecular complexity index is 1370. The Balaban J connectivity index is 1.31. The summed E-state index contributed by atoms with van der Waals surface area (Å²) in [4.78, 5) is 39.9. The third-order valence-electron chi connectivity index (χ3n) is 15.1. The molecule has 4 rings (SSSR count). The number of carbonyl (C=O) groups is 3. The van der Waals surface area contributed by atoms with Crippen molar-refractivity contribution in [2.75, 3.05) is 26.2 Å². The van der Waals surface area contributed by atoms with Crippen molar-refractivity contribution >= 4 is 18.3 Å². The standard InChI is InChI=1S/C49H87N3O6/c1-13-36(34(2)3)20-19-35(4)40-23-24-41-39-22-21-37-33-38(25-27-48(37,11)42(39)26-28-49(40,41)12)56-45(55)52(32-18-30-51-44(54)58-47(8,9)10)31-17-15-14-16-29-50-43(53)57-46(5,6)7/h21,34-36,38-42H,13-20,22-33H2,1-12H3,(H,50,53)(H,51,54)/t35-,36-,38+,39+,40-,41+,42+,48+,49-/m1/s1. The number of hydrogen-bond donors (Lipinski definition) is 2. The van der Waals surface area contributed by atoms with Gasteiger partial charge >= 0.3 is 18.3 Å². The fraction of sp³-hybridized carbons (Fsp3) is 0.898. The normalized spacial score (nSPS) is 29.3. The van der Waals surface area contributed by atoms with Crippen LogP contribution in [0.1, 0.15) is 186 Å². The molecule has 2 N–H and O–H groups in total. The van der Waals surface area contributed by atoms with Gasteiger partial charge in [-0.3, -0.25) is 0 Å². The van der Waals surface area contributed by atoms with Gasteiger partial charge in [-0.15, -0.1) is 0 Å². The summed E-state index contributed by atoms with van der Waals surface area (Å²) in [7, 11) is 0. The molecule has 58 heavy (non-hydrogen) atoms. The maximum Gasteiger partial charge on any atom is 0.410 e. The lowest BCUT2D eigenvalue weighted by Gasteiger charge is -2.58. The summed E-state index contributed by atoms with van der Waals surface area (Å²) >= 11 is 0. The van der Waals surface area contributed by atoms with Crippen LogP contribution in [0.25, 0.3) is 0 Å². The van der Waals surface area contributed by atoms with Crippen LogP contribution in [0.5, 0.6) is 0 Å². The third kappa shape index (κ3) is 13.3. The minimum Gasteiger partial charge on any atom is -0.446 e. The number of amides is 3. The first-order chi connectivity index (χ1) is 27.2. The van der Waals surface area contributed by atoms with Crippen molar-refractivity contribution in [1.29, 1.82) is 0 Å². The van der Waals surface area contributed by atoms with Gasteiger partial charge in [-0.25, -0.2) is 14.4 Å². The van der Waals surface area contributed by atoms with Gasteiger partial charge < -0.3 is 29.7 Å². The highest BCUT2D eigenvalue weighted by Gasteiger charge is 2.59. The van der Waals surface area contributed by atoms with Gasteiger partial charge in [-0.2, -0.15) is 0 Å². The molecule has 0 aromatic carbocycles. The number of nitrogens with zero attached hydrogens (tertiary/aromatic N) is 1. The molecule has 3 saturated carbocycles. The predicted octanol–water partition coefficient (Wildman–Crippen LogP) is 12.5. The Morgan fingerprint density at radius 3 is 2.03 bits per heavy atom. The molecule has 0 aromatic heterocycles. The molecule has 0 spiro atoms. The van der Waals surface area contributed by atoms with Gasteiger partial charge in [0.25, 0.3) is 0 Å². The average molecular weight is 814 g/mol. The molecule has 3 fully saturated rings. The Kier molecular flexibility index (Phi) is 17.4. The Labute approximate surface area is 354 Å². The van der Waals surface area contributed by atoms with Crippen molar-refractivity contribution < 1.29 is 28.6 Å². The van der Waals surface area contributed by atoms with Crippen LogP contribution < -0.4 is 10.6 Å². The molecule has 0 radical (unpaired) electrons. The second kappa shape index (κ2) is 20.9. The van der Waals surface area contributed by atoms with Crippen molar-refractivity contribution in [2.45, 2.75) is 203 Å². The topological polar surface area (TPSA) is 106 Å². The smallest absolute Gasteiger partial charge is 0.410 e. The summed E-state index contributed by atoms with van der Waals surface area (Å²) < 4.78 is 17.1. The van der Waals surface area contributed by atoms with Crippen LogP contribution >= 0.6 is 0 Å². The molecule has 4 aliphatic rings. The maximum atomic E-state index is 13.8. The van der Waals surface area contributed by atoms with Crippen molar-refractivity contribution in [3.05, 3.63) is 11.6 Å². The van der Waals surface area contributed by atoms with E-state index in [1.54, 1.807) is 0 Å². The van der Waals surface area contributed by atoms with Crippen molar-refractivity contribution in [3.8, 4) is 0 Å². The van der Waals surface area contributed by atoms with E-state index in [-0.39, 0.29) is 23.7 Å². The van der Waals surface area contributed by atoms with Crippen molar-refractivity contribution in [1.82, 2.24) is 15.5 Å². The number of hydrogen-bond acceptors (Lipinski definition) is 6. The average Bonchev–Trinajstić information content (AvgIpc) is 3.48. The van der Waals surface area contributed by atoms with Gasteiger partial charge in [0, 0.05) is 32.6 Å². The molecule has 9 heteroatoms. The Morgan fingerprint density at radius 2 is 1.41 bits per heavy atom. The van der Waals surface area contributed by atoms with E-state index in [0.717, 1.165) is 86.4 Å². The molecule has 0 aromatic rings. The fourth-order valence-electron chi connectivity index (χ4n) is 12.0. The van der Waals surface area contributed by atoms with Crippen LogP contribution in [0.15, 0.2) is 11.6 Å². The SMILES string of the molecule is CC[C@H](CC[C@@H](C)[C@H]1CC[C@H]2[C@@H]3CC=C4C[C@@H](OC(=O)N(CCCCCCNC(=O)OC(C)(C)C)CCCNC(=O)OC(C)(C)C)CC[C@]4(C)[C@H]3CC[C@]12C)C(C)C. The predicted molar refractivity (Wildman–Crippen MR) is 236 cm³/mol. The highest BCUT2D eigenvalue weighted by atomic mass is 16.6. The van der Waals surface area contributed by atoms with E-state index in [4.69, 9.17) is 14.2 Å². The summed E-state index contributed by atoms with van der Waals surface area (Å²) in [5.41, 5.74) is 1.14. The molecule has 334 valence electrons. The first kappa shape index (κ1) is 48.2. The fourth-order valence-corrected chi connectivity index (χ4v) is 12.0. The van der Waals surface area contributed by atoms with E-state index in [0.29, 0.717) is 38.0 Å². The van der Waals surface area contributed by atoms with Gasteiger partial charge in [0.2, 0.25) is 0 Å². The summed E-state index contributed by atoms with van der Waals surface area (Å²) in [6.07, 6.45) is 19.2. The van der Waals surface area contributed by atoms with E-state index >= 15 is 0 Å². The molecule has 9 atom stereocenters. The number of nitrogens with one attached hydrogen (secondary N) is 2. The molecule has 3 amide bonds. The number of fused-ring (bicyclic) bond motifs is 5. The first-order valence-electron chi connectivity index (χ1n) is 23.8. The molecule has 9 nitrogen and oxygen atoms in total. The van der Waals surface area contributed by atoms with Crippen LogP contribution in [0.2, 0.25) is 0 Å². The van der Waals surface area contributed by atoms with E-state index in [1.807, 2.05) is 46.4 Å². The maximum absolute atomic E-state index is 13.8. The number of unbranched alkanes of at least 4 members (excludes halogenated alkanes) is 3. The van der Waals surface area contributed by atoms with E-state index in [1.165, 1.54) is 56.9 Å². The largest absolute Gasteiger partial charge is 0.446 e. The number of allylic oxidation sites excluding steroid dienone is 1. The van der Waals surface area contributed by atoms with Crippen molar-refractivity contribution in [2.24, 2.45) is 52.3 Å². The molecule has 0 bridgehead atoms. The molecule has 0 saturated heterocycles.